The van der Waals surface area contributed by atoms with E-state index in [-0.39, 0.29) is 11.7 Å². The van der Waals surface area contributed by atoms with E-state index in [2.05, 4.69) is 10.5 Å². The Balaban J connectivity index is 2.13. The number of carbonyl (C=O) groups excluding carboxylic acids is 1. The van der Waals surface area contributed by atoms with E-state index in [1.54, 1.807) is 33.3 Å². The van der Waals surface area contributed by atoms with Crippen LogP contribution in [0.3, 0.4) is 0 Å². The van der Waals surface area contributed by atoms with E-state index in [0.29, 0.717) is 22.8 Å². The van der Waals surface area contributed by atoms with E-state index in [0.717, 1.165) is 5.56 Å². The fourth-order valence-corrected chi connectivity index (χ4v) is 1.94. The van der Waals surface area contributed by atoms with Gasteiger partial charge in [-0.25, -0.2) is 5.43 Å². The quantitative estimate of drug-likeness (QED) is 0.656. The van der Waals surface area contributed by atoms with Crippen LogP contribution in [-0.2, 0) is 0 Å². The van der Waals surface area contributed by atoms with Crippen molar-refractivity contribution in [2.75, 3.05) is 14.2 Å². The molecule has 0 aromatic heterocycles. The van der Waals surface area contributed by atoms with Crippen LogP contribution in [0.1, 0.15) is 22.8 Å². The highest BCUT2D eigenvalue weighted by molar-refractivity contribution is 6.01. The SMILES string of the molecule is COc1ccc(/C(C)=N/NC(=O)c2ccc(O)cc2)cc1OC. The molecular formula is C17H18N2O4. The van der Waals surface area contributed by atoms with Crippen molar-refractivity contribution >= 4 is 11.6 Å². The highest BCUT2D eigenvalue weighted by Gasteiger charge is 2.08. The molecule has 0 aliphatic carbocycles. The Bertz CT molecular complexity index is 724. The minimum absolute atomic E-state index is 0.103. The van der Waals surface area contributed by atoms with Crippen molar-refractivity contribution in [2.24, 2.45) is 5.10 Å². The van der Waals surface area contributed by atoms with Crippen LogP contribution in [0.5, 0.6) is 17.2 Å². The fourth-order valence-electron chi connectivity index (χ4n) is 1.94. The average Bonchev–Trinajstić information content (AvgIpc) is 2.59. The van der Waals surface area contributed by atoms with Crippen molar-refractivity contribution in [1.29, 1.82) is 0 Å². The smallest absolute Gasteiger partial charge is 0.271 e. The van der Waals surface area contributed by atoms with Crippen molar-refractivity contribution in [2.45, 2.75) is 6.92 Å². The lowest BCUT2D eigenvalue weighted by Gasteiger charge is -2.09. The molecule has 0 heterocycles. The van der Waals surface area contributed by atoms with Gasteiger partial charge in [-0.15, -0.1) is 0 Å². The van der Waals surface area contributed by atoms with Gasteiger partial charge >= 0.3 is 0 Å². The van der Waals surface area contributed by atoms with Gasteiger partial charge in [0.1, 0.15) is 5.75 Å². The maximum Gasteiger partial charge on any atom is 0.271 e. The molecule has 6 heteroatoms. The van der Waals surface area contributed by atoms with Crippen molar-refractivity contribution in [1.82, 2.24) is 5.43 Å². The zero-order valence-electron chi connectivity index (χ0n) is 13.2. The van der Waals surface area contributed by atoms with E-state index in [1.165, 1.54) is 24.3 Å². The maximum absolute atomic E-state index is 12.0. The third-order valence-corrected chi connectivity index (χ3v) is 3.26. The summed E-state index contributed by atoms with van der Waals surface area (Å²) in [5, 5.41) is 13.3. The molecule has 0 unspecified atom stereocenters. The second-order valence-corrected chi connectivity index (χ2v) is 4.75. The monoisotopic (exact) mass is 314 g/mol. The second-order valence-electron chi connectivity index (χ2n) is 4.75. The van der Waals surface area contributed by atoms with Gasteiger partial charge in [0.25, 0.3) is 5.91 Å². The standard InChI is InChI=1S/C17H18N2O4/c1-11(13-6-9-15(22-2)16(10-13)23-3)18-19-17(21)12-4-7-14(20)8-5-12/h4-10,20H,1-3H3,(H,19,21)/b18-11+. The predicted octanol–water partition coefficient (Wildman–Crippen LogP) is 2.56. The third-order valence-electron chi connectivity index (χ3n) is 3.26. The number of hydrogen-bond acceptors (Lipinski definition) is 5. The molecule has 2 N–H and O–H groups in total. The number of nitrogens with one attached hydrogen (secondary N) is 1. The van der Waals surface area contributed by atoms with Crippen molar-refractivity contribution in [3.8, 4) is 17.2 Å². The molecule has 1 amide bonds. The molecule has 120 valence electrons. The number of nitrogens with zero attached hydrogens (tertiary/aromatic N) is 1. The lowest BCUT2D eigenvalue weighted by Crippen LogP contribution is -2.19. The number of carbonyl (C=O) groups is 1. The van der Waals surface area contributed by atoms with Gasteiger partial charge in [0.15, 0.2) is 11.5 Å². The first kappa shape index (κ1) is 16.4. The van der Waals surface area contributed by atoms with Crippen LogP contribution in [0.25, 0.3) is 0 Å². The Morgan fingerprint density at radius 1 is 1.00 bits per heavy atom. The van der Waals surface area contributed by atoms with Crippen LogP contribution in [0.4, 0.5) is 0 Å². The molecule has 2 rings (SSSR count). The van der Waals surface area contributed by atoms with Crippen molar-refractivity contribution in [3.05, 3.63) is 53.6 Å². The van der Waals surface area contributed by atoms with Gasteiger partial charge in [-0.2, -0.15) is 5.10 Å². The lowest BCUT2D eigenvalue weighted by atomic mass is 10.1. The van der Waals surface area contributed by atoms with Gasteiger partial charge in [-0.3, -0.25) is 4.79 Å². The third kappa shape index (κ3) is 4.00. The molecule has 0 aliphatic rings. The van der Waals surface area contributed by atoms with Gasteiger partial charge in [-0.1, -0.05) is 0 Å². The summed E-state index contributed by atoms with van der Waals surface area (Å²) < 4.78 is 10.4. The maximum atomic E-state index is 12.0. The number of hydrogen-bond donors (Lipinski definition) is 2. The highest BCUT2D eigenvalue weighted by atomic mass is 16.5. The number of amides is 1. The summed E-state index contributed by atoms with van der Waals surface area (Å²) in [6, 6.07) is 11.3. The predicted molar refractivity (Wildman–Crippen MR) is 87.3 cm³/mol. The second kappa shape index (κ2) is 7.31. The summed E-state index contributed by atoms with van der Waals surface area (Å²) in [5.41, 5.74) is 4.31. The number of rotatable bonds is 5. The summed E-state index contributed by atoms with van der Waals surface area (Å²) in [5.74, 6) is 0.956. The van der Waals surface area contributed by atoms with E-state index in [9.17, 15) is 9.90 Å². The summed E-state index contributed by atoms with van der Waals surface area (Å²) in [4.78, 5) is 12.0. The zero-order valence-corrected chi connectivity index (χ0v) is 13.2. The minimum atomic E-state index is -0.357. The van der Waals surface area contributed by atoms with Gasteiger partial charge in [0.05, 0.1) is 19.9 Å². The first-order valence-electron chi connectivity index (χ1n) is 6.91. The molecule has 0 saturated heterocycles. The topological polar surface area (TPSA) is 80.2 Å². The van der Waals surface area contributed by atoms with Crippen LogP contribution in [0, 0.1) is 0 Å². The van der Waals surface area contributed by atoms with Crippen LogP contribution in [-0.4, -0.2) is 30.9 Å². The number of aromatic hydroxyl groups is 1. The summed E-state index contributed by atoms with van der Waals surface area (Å²) >= 11 is 0. The van der Waals surface area contributed by atoms with Crippen molar-refractivity contribution < 1.29 is 19.4 Å². The Kier molecular flexibility index (Phi) is 5.19. The largest absolute Gasteiger partial charge is 0.508 e. The molecule has 0 atom stereocenters. The molecular weight excluding hydrogens is 296 g/mol. The normalized spacial score (nSPS) is 11.0. The molecule has 0 saturated carbocycles. The summed E-state index contributed by atoms with van der Waals surface area (Å²) in [6.45, 7) is 1.78. The van der Waals surface area contributed by atoms with Crippen LogP contribution in [0.2, 0.25) is 0 Å². The molecule has 0 bridgehead atoms. The number of benzene rings is 2. The van der Waals surface area contributed by atoms with Crippen LogP contribution in [0.15, 0.2) is 47.6 Å². The lowest BCUT2D eigenvalue weighted by molar-refractivity contribution is 0.0955. The molecule has 0 fully saturated rings. The Labute approximate surface area is 134 Å². The minimum Gasteiger partial charge on any atom is -0.508 e. The van der Waals surface area contributed by atoms with Crippen molar-refractivity contribution in [3.63, 3.8) is 0 Å². The first-order chi connectivity index (χ1) is 11.0. The number of ether oxygens (including phenoxy) is 2. The molecule has 2 aromatic carbocycles. The molecule has 0 radical (unpaired) electrons. The van der Waals surface area contributed by atoms with Gasteiger partial charge in [0, 0.05) is 11.1 Å². The number of hydrazone groups is 1. The number of methoxy groups -OCH3 is 2. The van der Waals surface area contributed by atoms with Crippen LogP contribution < -0.4 is 14.9 Å². The van der Waals surface area contributed by atoms with E-state index >= 15 is 0 Å². The Morgan fingerprint density at radius 3 is 2.22 bits per heavy atom. The van der Waals surface area contributed by atoms with E-state index in [4.69, 9.17) is 9.47 Å². The molecule has 0 aliphatic heterocycles. The van der Waals surface area contributed by atoms with Crippen LogP contribution >= 0.6 is 0 Å². The average molecular weight is 314 g/mol. The van der Waals surface area contributed by atoms with E-state index < -0.39 is 0 Å². The highest BCUT2D eigenvalue weighted by Crippen LogP contribution is 2.27. The fraction of sp³-hybridized carbons (Fsp3) is 0.176. The van der Waals surface area contributed by atoms with Gasteiger partial charge in [-0.05, 0) is 49.4 Å². The number of phenols is 1. The summed E-state index contributed by atoms with van der Waals surface area (Å²) in [6.07, 6.45) is 0. The molecule has 6 nitrogen and oxygen atoms in total. The first-order valence-corrected chi connectivity index (χ1v) is 6.91. The number of phenolic OH excluding ortho intramolecular Hbond substituents is 1. The summed E-state index contributed by atoms with van der Waals surface area (Å²) in [7, 11) is 3.12. The molecule has 2 aromatic rings. The van der Waals surface area contributed by atoms with Gasteiger partial charge < -0.3 is 14.6 Å². The molecule has 0 spiro atoms. The Hall–Kier alpha value is -3.02. The zero-order chi connectivity index (χ0) is 16.8. The van der Waals surface area contributed by atoms with Gasteiger partial charge in [0.2, 0.25) is 0 Å². The van der Waals surface area contributed by atoms with E-state index in [1.807, 2.05) is 6.07 Å². The Morgan fingerprint density at radius 2 is 1.61 bits per heavy atom. The molecule has 23 heavy (non-hydrogen) atoms.